The van der Waals surface area contributed by atoms with E-state index in [9.17, 15) is 18.7 Å². The summed E-state index contributed by atoms with van der Waals surface area (Å²) in [6, 6.07) is 1.10. The lowest BCUT2D eigenvalue weighted by atomic mass is 10.1. The molecule has 0 fully saturated rings. The van der Waals surface area contributed by atoms with Crippen molar-refractivity contribution in [2.75, 3.05) is 20.6 Å². The van der Waals surface area contributed by atoms with Crippen LogP contribution in [0.5, 0.6) is 5.75 Å². The molecule has 1 aromatic carbocycles. The second kappa shape index (κ2) is 6.47. The van der Waals surface area contributed by atoms with Gasteiger partial charge in [0.25, 0.3) is 5.91 Å². The number of nitrogens with zero attached hydrogens (tertiary/aromatic N) is 1. The van der Waals surface area contributed by atoms with Gasteiger partial charge >= 0.3 is 0 Å². The Morgan fingerprint density at radius 1 is 1.42 bits per heavy atom. The maximum atomic E-state index is 13.5. The number of phenols is 1. The Hall–Kier alpha value is -1.69. The minimum atomic E-state index is -1.07. The van der Waals surface area contributed by atoms with Gasteiger partial charge in [-0.2, -0.15) is 0 Å². The summed E-state index contributed by atoms with van der Waals surface area (Å²) < 4.78 is 26.3. The highest BCUT2D eigenvalue weighted by molar-refractivity contribution is 5.97. The Morgan fingerprint density at radius 2 is 2.05 bits per heavy atom. The van der Waals surface area contributed by atoms with Gasteiger partial charge in [0, 0.05) is 18.2 Å². The Balaban J connectivity index is 2.73. The zero-order chi connectivity index (χ0) is 14.6. The molecule has 0 aromatic heterocycles. The molecule has 1 atom stereocenters. The quantitative estimate of drug-likeness (QED) is 0.858. The average Bonchev–Trinajstić information content (AvgIpc) is 2.24. The van der Waals surface area contributed by atoms with Crippen molar-refractivity contribution in [3.8, 4) is 5.75 Å². The second-order valence-corrected chi connectivity index (χ2v) is 4.75. The number of carbonyl (C=O) groups excluding carboxylic acids is 1. The van der Waals surface area contributed by atoms with E-state index in [1.165, 1.54) is 0 Å². The number of amides is 1. The first-order valence-corrected chi connectivity index (χ1v) is 5.95. The minimum Gasteiger partial charge on any atom is -0.507 e. The molecule has 6 heteroatoms. The summed E-state index contributed by atoms with van der Waals surface area (Å²) >= 11 is 0. The molecular weight excluding hydrogens is 254 g/mol. The monoisotopic (exact) mass is 272 g/mol. The SMILES string of the molecule is C[C@H](CCN(C)C)NC(=O)c1c(O)cc(F)cc1F. The molecule has 1 amide bonds. The zero-order valence-corrected chi connectivity index (χ0v) is 11.2. The topological polar surface area (TPSA) is 52.6 Å². The minimum absolute atomic E-state index is 0.182. The Kier molecular flexibility index (Phi) is 5.23. The number of halogens is 2. The Labute approximate surface area is 111 Å². The standard InChI is InChI=1S/C13H18F2N2O2/c1-8(4-5-17(2)3)16-13(19)12-10(15)6-9(14)7-11(12)18/h6-8,18H,4-5H2,1-3H3,(H,16,19)/t8-/m1/s1. The Bertz CT molecular complexity index is 441. The predicted molar refractivity (Wildman–Crippen MR) is 68.1 cm³/mol. The van der Waals surface area contributed by atoms with Crippen LogP contribution in [-0.4, -0.2) is 42.6 Å². The highest BCUT2D eigenvalue weighted by Crippen LogP contribution is 2.22. The number of phenolic OH excluding ortho intramolecular Hbond substituents is 1. The van der Waals surface area contributed by atoms with Gasteiger partial charge in [-0.05, 0) is 34.0 Å². The van der Waals surface area contributed by atoms with E-state index in [0.717, 1.165) is 6.54 Å². The molecule has 4 nitrogen and oxygen atoms in total. The number of nitrogens with one attached hydrogen (secondary N) is 1. The van der Waals surface area contributed by atoms with Gasteiger partial charge in [0.2, 0.25) is 0 Å². The maximum Gasteiger partial charge on any atom is 0.258 e. The first-order chi connectivity index (χ1) is 8.81. The van der Waals surface area contributed by atoms with Crippen molar-refractivity contribution in [2.45, 2.75) is 19.4 Å². The van der Waals surface area contributed by atoms with Gasteiger partial charge < -0.3 is 15.3 Å². The van der Waals surface area contributed by atoms with Crippen molar-refractivity contribution in [3.05, 3.63) is 29.3 Å². The molecule has 0 saturated carbocycles. The third kappa shape index (κ3) is 4.48. The molecule has 106 valence electrons. The van der Waals surface area contributed by atoms with E-state index in [2.05, 4.69) is 5.32 Å². The van der Waals surface area contributed by atoms with Crippen LogP contribution in [0.3, 0.4) is 0 Å². The fourth-order valence-electron chi connectivity index (χ4n) is 1.60. The largest absolute Gasteiger partial charge is 0.507 e. The van der Waals surface area contributed by atoms with E-state index in [1.54, 1.807) is 6.92 Å². The van der Waals surface area contributed by atoms with Gasteiger partial charge in [-0.15, -0.1) is 0 Å². The molecule has 1 rings (SSSR count). The number of rotatable bonds is 5. The molecule has 0 radical (unpaired) electrons. The van der Waals surface area contributed by atoms with Crippen molar-refractivity contribution < 1.29 is 18.7 Å². The van der Waals surface area contributed by atoms with Gasteiger partial charge in [-0.3, -0.25) is 4.79 Å². The van der Waals surface area contributed by atoms with Crippen molar-refractivity contribution in [3.63, 3.8) is 0 Å². The number of benzene rings is 1. The van der Waals surface area contributed by atoms with Gasteiger partial charge in [0.05, 0.1) is 0 Å². The summed E-state index contributed by atoms with van der Waals surface area (Å²) in [7, 11) is 3.81. The average molecular weight is 272 g/mol. The fourth-order valence-corrected chi connectivity index (χ4v) is 1.60. The van der Waals surface area contributed by atoms with Crippen molar-refractivity contribution in [2.24, 2.45) is 0 Å². The first-order valence-electron chi connectivity index (χ1n) is 5.95. The van der Waals surface area contributed by atoms with Gasteiger partial charge in [-0.25, -0.2) is 8.78 Å². The Morgan fingerprint density at radius 3 is 2.58 bits per heavy atom. The lowest BCUT2D eigenvalue weighted by Crippen LogP contribution is -2.35. The molecule has 0 unspecified atom stereocenters. The number of carbonyl (C=O) groups is 1. The molecule has 0 aliphatic carbocycles. The number of aromatic hydroxyl groups is 1. The molecule has 19 heavy (non-hydrogen) atoms. The van der Waals surface area contributed by atoms with Crippen molar-refractivity contribution in [1.29, 1.82) is 0 Å². The van der Waals surface area contributed by atoms with Crippen LogP contribution in [0.2, 0.25) is 0 Å². The molecule has 1 aromatic rings. The van der Waals surface area contributed by atoms with E-state index in [0.29, 0.717) is 18.6 Å². The summed E-state index contributed by atoms with van der Waals surface area (Å²) in [5, 5.41) is 12.0. The van der Waals surface area contributed by atoms with E-state index < -0.39 is 28.9 Å². The predicted octanol–water partition coefficient (Wildman–Crippen LogP) is 1.74. The van der Waals surface area contributed by atoms with Crippen LogP contribution in [0.4, 0.5) is 8.78 Å². The zero-order valence-electron chi connectivity index (χ0n) is 11.2. The summed E-state index contributed by atoms with van der Waals surface area (Å²) in [6.07, 6.45) is 0.683. The molecule has 2 N–H and O–H groups in total. The molecule has 0 bridgehead atoms. The van der Waals surface area contributed by atoms with Crippen LogP contribution < -0.4 is 5.32 Å². The lowest BCUT2D eigenvalue weighted by molar-refractivity contribution is 0.0929. The lowest BCUT2D eigenvalue weighted by Gasteiger charge is -2.17. The molecule has 0 saturated heterocycles. The normalized spacial score (nSPS) is 12.5. The van der Waals surface area contributed by atoms with Crippen LogP contribution in [0, 0.1) is 11.6 Å². The van der Waals surface area contributed by atoms with Crippen LogP contribution in [0.25, 0.3) is 0 Å². The van der Waals surface area contributed by atoms with Crippen molar-refractivity contribution >= 4 is 5.91 Å². The summed E-state index contributed by atoms with van der Waals surface area (Å²) in [4.78, 5) is 13.8. The molecule has 0 spiro atoms. The highest BCUT2D eigenvalue weighted by Gasteiger charge is 2.19. The smallest absolute Gasteiger partial charge is 0.258 e. The van der Waals surface area contributed by atoms with Crippen LogP contribution in [-0.2, 0) is 0 Å². The van der Waals surface area contributed by atoms with Gasteiger partial charge in [0.1, 0.15) is 22.9 Å². The maximum absolute atomic E-state index is 13.5. The van der Waals surface area contributed by atoms with Crippen LogP contribution >= 0.6 is 0 Å². The number of hydrogen-bond donors (Lipinski definition) is 2. The molecule has 0 heterocycles. The van der Waals surface area contributed by atoms with Crippen LogP contribution in [0.15, 0.2) is 12.1 Å². The summed E-state index contributed by atoms with van der Waals surface area (Å²) in [5.74, 6) is -3.45. The summed E-state index contributed by atoms with van der Waals surface area (Å²) in [6.45, 7) is 2.54. The van der Waals surface area contributed by atoms with Gasteiger partial charge in [-0.1, -0.05) is 0 Å². The van der Waals surface area contributed by atoms with E-state index in [4.69, 9.17) is 0 Å². The first kappa shape index (κ1) is 15.4. The fraction of sp³-hybridized carbons (Fsp3) is 0.462. The van der Waals surface area contributed by atoms with Crippen molar-refractivity contribution in [1.82, 2.24) is 10.2 Å². The molecule has 0 aliphatic rings. The third-order valence-electron chi connectivity index (χ3n) is 2.65. The van der Waals surface area contributed by atoms with Gasteiger partial charge in [0.15, 0.2) is 0 Å². The van der Waals surface area contributed by atoms with Crippen LogP contribution in [0.1, 0.15) is 23.7 Å². The molecular formula is C13H18F2N2O2. The third-order valence-corrected chi connectivity index (χ3v) is 2.65. The molecule has 0 aliphatic heterocycles. The second-order valence-electron chi connectivity index (χ2n) is 4.75. The van der Waals surface area contributed by atoms with E-state index in [1.807, 2.05) is 19.0 Å². The summed E-state index contributed by atoms with van der Waals surface area (Å²) in [5.41, 5.74) is -0.530. The number of hydrogen-bond acceptors (Lipinski definition) is 3. The highest BCUT2D eigenvalue weighted by atomic mass is 19.1. The van der Waals surface area contributed by atoms with E-state index >= 15 is 0 Å². The van der Waals surface area contributed by atoms with E-state index in [-0.39, 0.29) is 6.04 Å².